The van der Waals surface area contributed by atoms with E-state index >= 15 is 70.2 Å². The van der Waals surface area contributed by atoms with Crippen molar-refractivity contribution >= 4 is 93.4 Å². The Labute approximate surface area is 586 Å². The number of thioether (sulfide) groups is 4. The number of benzene rings is 4. The Balaban J connectivity index is 1.14. The molecule has 16 atom stereocenters. The van der Waals surface area contributed by atoms with Crippen LogP contribution < -0.4 is 0 Å². The molecule has 40 heteroatoms. The molecule has 13 rings (SSSR count). The van der Waals surface area contributed by atoms with Gasteiger partial charge in [0.15, 0.2) is 93.1 Å². The van der Waals surface area contributed by atoms with Gasteiger partial charge < -0.3 is 90.2 Å². The number of aliphatic hydroxyl groups is 12. The SMILES string of the molecule is O[C@@H]1[C@@H](O)[C@H](Sc2c(F)c(F)c(-c3c4nc(c(-c5c(F)c(F)c(S[C@@H]6OC[C@@H](O)[C@H](O)[C@H]6O)c(F)c5F)c5ccc([nH]5)c(-c5c(F)c(F)c(S[C@@H]6OC[C@@H](O)[C@H](O)[C@H]6O)c(F)c5F)c5nc(c(-c6c(F)c(F)c(S[C@@H]7OC[C@@H](O)[C@H](O)[C@H]7O)c(F)c6F)c6ccc3[nH]6)C=C5)C=C4)c(F)c2F)OC[C@H]1O. The Morgan fingerprint density at radius 1 is 0.260 bits per heavy atom. The fourth-order valence-electron chi connectivity index (χ4n) is 12.0. The predicted octanol–water partition coefficient (Wildman–Crippen LogP) is 7.67. The van der Waals surface area contributed by atoms with Crippen LogP contribution in [0.3, 0.4) is 0 Å². The summed E-state index contributed by atoms with van der Waals surface area (Å²) in [5, 5.41) is 124. The number of hydrogen-bond acceptors (Lipinski definition) is 22. The van der Waals surface area contributed by atoms with Crippen LogP contribution in [0, 0.1) is 93.1 Å². The summed E-state index contributed by atoms with van der Waals surface area (Å²) in [5.74, 6) is -37.8. The normalized spacial score (nSPS) is 27.2. The summed E-state index contributed by atoms with van der Waals surface area (Å²) < 4.78 is 294. The van der Waals surface area contributed by atoms with Crippen molar-refractivity contribution in [3.05, 3.63) is 140 Å². The Morgan fingerprint density at radius 3 is 0.606 bits per heavy atom. The van der Waals surface area contributed by atoms with Gasteiger partial charge in [-0.15, -0.1) is 0 Å². The Bertz CT molecular complexity index is 4230. The fourth-order valence-corrected chi connectivity index (χ4v) is 16.3. The predicted molar refractivity (Wildman–Crippen MR) is 334 cm³/mol. The van der Waals surface area contributed by atoms with Gasteiger partial charge in [0, 0.05) is 44.3 Å². The van der Waals surface area contributed by atoms with E-state index in [9.17, 15) is 61.3 Å². The molecule has 14 N–H and O–H groups in total. The molecule has 4 fully saturated rings. The maximum absolute atomic E-state index is 17.4. The molecular formula is C64H46F16N4O16S4. The largest absolute Gasteiger partial charge is 0.388 e. The zero-order valence-corrected chi connectivity index (χ0v) is 54.5. The average Bonchev–Trinajstić information content (AvgIpc) is 1.52. The number of nitrogens with zero attached hydrogens (tertiary/aromatic N) is 2. The third-order valence-corrected chi connectivity index (χ3v) is 22.4. The zero-order valence-electron chi connectivity index (χ0n) is 51.3. The minimum Gasteiger partial charge on any atom is -0.388 e. The van der Waals surface area contributed by atoms with E-state index in [1.807, 2.05) is 0 Å². The molecule has 4 saturated heterocycles. The van der Waals surface area contributed by atoms with Crippen LogP contribution in [0.15, 0.2) is 43.8 Å². The number of ether oxygens (including phenoxy) is 4. The molecule has 3 aromatic heterocycles. The van der Waals surface area contributed by atoms with Crippen LogP contribution in [0.4, 0.5) is 70.2 Å². The van der Waals surface area contributed by atoms with Gasteiger partial charge in [-0.25, -0.2) is 80.2 Å². The number of aromatic amines is 2. The number of hydrogen-bond donors (Lipinski definition) is 14. The minimum absolute atomic E-state index is 0.255. The fraction of sp³-hybridized carbons (Fsp3) is 0.312. The smallest absolute Gasteiger partial charge is 0.176 e. The first-order valence-corrected chi connectivity index (χ1v) is 33.7. The molecule has 4 aromatic carbocycles. The van der Waals surface area contributed by atoms with Gasteiger partial charge in [0.25, 0.3) is 0 Å². The summed E-state index contributed by atoms with van der Waals surface area (Å²) in [6.07, 6.45) is -21.6. The lowest BCUT2D eigenvalue weighted by Crippen LogP contribution is -2.51. The molecule has 0 radical (unpaired) electrons. The molecule has 9 heterocycles. The summed E-state index contributed by atoms with van der Waals surface area (Å²) in [7, 11) is 0. The van der Waals surface area contributed by atoms with Crippen LogP contribution in [0.2, 0.25) is 0 Å². The second-order valence-corrected chi connectivity index (χ2v) is 28.2. The lowest BCUT2D eigenvalue weighted by molar-refractivity contribution is -0.161. The third kappa shape index (κ3) is 12.7. The summed E-state index contributed by atoms with van der Waals surface area (Å²) in [5.41, 5.74) is -28.3. The number of fused-ring (bicyclic) bond motifs is 8. The van der Waals surface area contributed by atoms with Gasteiger partial charge in [0.1, 0.15) is 95.0 Å². The number of rotatable bonds is 12. The van der Waals surface area contributed by atoms with Crippen molar-refractivity contribution in [1.82, 2.24) is 19.9 Å². The molecule has 0 amide bonds. The van der Waals surface area contributed by atoms with E-state index in [1.54, 1.807) is 0 Å². The van der Waals surface area contributed by atoms with Crippen molar-refractivity contribution in [3.63, 3.8) is 0 Å². The topological polar surface area (TPSA) is 337 Å². The van der Waals surface area contributed by atoms with E-state index in [2.05, 4.69) is 19.9 Å². The van der Waals surface area contributed by atoms with Crippen LogP contribution in [0.25, 0.3) is 90.9 Å². The highest BCUT2D eigenvalue weighted by molar-refractivity contribution is 8.00. The number of halogens is 16. The van der Waals surface area contributed by atoms with Crippen molar-refractivity contribution < 1.29 is 150 Å². The standard InChI is InChI=1S/C64H46F16N4O16S4/c65-33-29(34(66)42(74)57(41(33)73)101-61-53(93)49(89)21(85)9-97-61)25-13-1-2-14(81-13)26(30-35(67)43(75)58(44(76)36(30)68)102-62-54(94)50(90)22(86)10-98-62)16-5-6-18(83-16)28(32-39(71)47(79)60(48(80)40(32)72)104-64-56(96)52(92)24(88)12-100-64)20-8-7-19(84-20)27(17-4-3-15(25)82-17)31-37(69)45(77)59(46(78)38(31)70)103-63-55(95)51(91)23(87)11-99-63/h1-8,21-24,49-56,61-64,81,84-96H,9-12H2/t21-,22-,23-,24-,49+,50+,51+,52+,53-,54-,55-,56-,61+,62+,63+,64+/m1/s1. The maximum atomic E-state index is 17.4. The van der Waals surface area contributed by atoms with Crippen LogP contribution >= 0.6 is 47.0 Å². The van der Waals surface area contributed by atoms with Crippen molar-refractivity contribution in [1.29, 1.82) is 0 Å². The summed E-state index contributed by atoms with van der Waals surface area (Å²) in [4.78, 5) is 6.82. The Kier molecular flexibility index (Phi) is 21.0. The van der Waals surface area contributed by atoms with Gasteiger partial charge in [0.2, 0.25) is 0 Å². The summed E-state index contributed by atoms with van der Waals surface area (Å²) in [6, 6.07) is 2.70. The molecular weight excluding hydrogens is 1510 g/mol. The van der Waals surface area contributed by atoms with Gasteiger partial charge in [-0.2, -0.15) is 0 Å². The number of aromatic nitrogens is 4. The maximum Gasteiger partial charge on any atom is 0.176 e. The van der Waals surface area contributed by atoms with Gasteiger partial charge in [-0.3, -0.25) is 0 Å². The highest BCUT2D eigenvalue weighted by Gasteiger charge is 2.46. The Hall–Kier alpha value is -6.88. The van der Waals surface area contributed by atoms with E-state index in [-0.39, 0.29) is 47.0 Å². The van der Waals surface area contributed by atoms with Crippen LogP contribution in [-0.4, -0.2) is 203 Å². The van der Waals surface area contributed by atoms with Crippen molar-refractivity contribution in [3.8, 4) is 44.5 Å². The molecule has 7 aromatic rings. The number of aliphatic hydroxyl groups excluding tert-OH is 12. The molecule has 20 nitrogen and oxygen atoms in total. The monoisotopic (exact) mass is 1560 g/mol. The highest BCUT2D eigenvalue weighted by atomic mass is 32.2. The summed E-state index contributed by atoms with van der Waals surface area (Å²) in [6.45, 7) is -3.23. The second kappa shape index (κ2) is 29.0. The van der Waals surface area contributed by atoms with Gasteiger partial charge in [-0.1, -0.05) is 47.0 Å². The molecule has 0 saturated carbocycles. The van der Waals surface area contributed by atoms with E-state index in [0.717, 1.165) is 0 Å². The highest BCUT2D eigenvalue weighted by Crippen LogP contribution is 2.50. The quantitative estimate of drug-likeness (QED) is 0.0412. The molecule has 0 spiro atoms. The molecule has 0 unspecified atom stereocenters. The van der Waals surface area contributed by atoms with E-state index < -0.39 is 323 Å². The van der Waals surface area contributed by atoms with Crippen molar-refractivity contribution in [2.24, 2.45) is 0 Å². The summed E-state index contributed by atoms with van der Waals surface area (Å²) >= 11 is -1.02. The van der Waals surface area contributed by atoms with Crippen LogP contribution in [-0.2, 0) is 18.9 Å². The van der Waals surface area contributed by atoms with Crippen LogP contribution in [0.1, 0.15) is 22.8 Å². The molecule has 6 aliphatic heterocycles. The van der Waals surface area contributed by atoms with Crippen molar-refractivity contribution in [2.75, 3.05) is 26.4 Å². The van der Waals surface area contributed by atoms with Gasteiger partial charge in [0.05, 0.1) is 91.0 Å². The first-order valence-electron chi connectivity index (χ1n) is 30.1. The molecule has 104 heavy (non-hydrogen) atoms. The average molecular weight is 1560 g/mol. The van der Waals surface area contributed by atoms with Crippen molar-refractivity contribution in [2.45, 2.75) is 115 Å². The van der Waals surface area contributed by atoms with Gasteiger partial charge >= 0.3 is 0 Å². The third-order valence-electron chi connectivity index (χ3n) is 17.4. The lowest BCUT2D eigenvalue weighted by Gasteiger charge is -2.34. The number of H-pyrrole nitrogens is 2. The van der Waals surface area contributed by atoms with Gasteiger partial charge in [-0.05, 0) is 48.6 Å². The second-order valence-electron chi connectivity index (χ2n) is 23.8. The Morgan fingerprint density at radius 2 is 0.433 bits per heavy atom. The van der Waals surface area contributed by atoms with E-state index in [4.69, 9.17) is 18.9 Å². The first kappa shape index (κ1) is 75.4. The van der Waals surface area contributed by atoms with Crippen LogP contribution in [0.5, 0.6) is 0 Å². The van der Waals surface area contributed by atoms with E-state index in [1.165, 1.54) is 0 Å². The minimum atomic E-state index is -2.40. The molecule has 0 aliphatic carbocycles. The molecule has 6 aliphatic rings. The molecule has 8 bridgehead atoms. The molecule has 554 valence electrons. The first-order chi connectivity index (χ1) is 49.2. The zero-order chi connectivity index (χ0) is 75.0. The number of nitrogens with one attached hydrogen (secondary N) is 2. The van der Waals surface area contributed by atoms with E-state index in [0.29, 0.717) is 48.6 Å². The lowest BCUT2D eigenvalue weighted by atomic mass is 10.0.